The summed E-state index contributed by atoms with van der Waals surface area (Å²) in [5.74, 6) is 2.88. The topological polar surface area (TPSA) is 35.0 Å². The van der Waals surface area contributed by atoms with Gasteiger partial charge in [0.25, 0.3) is 0 Å². The fraction of sp³-hybridized carbons (Fsp3) is 0.250. The standard InChI is InChI=1S/C8H8N2OS/c1-3-6-11-7-4-5-9-8(10-7)12-2/h1,4-5H,6H2,2H3. The summed E-state index contributed by atoms with van der Waals surface area (Å²) in [5.41, 5.74) is 0. The molecule has 0 fully saturated rings. The lowest BCUT2D eigenvalue weighted by molar-refractivity contribution is 0.351. The lowest BCUT2D eigenvalue weighted by Crippen LogP contribution is -1.97. The van der Waals surface area contributed by atoms with Gasteiger partial charge in [0.15, 0.2) is 11.8 Å². The van der Waals surface area contributed by atoms with E-state index in [4.69, 9.17) is 11.2 Å². The second kappa shape index (κ2) is 4.62. The van der Waals surface area contributed by atoms with E-state index in [0.29, 0.717) is 11.0 Å². The molecule has 3 nitrogen and oxygen atoms in total. The van der Waals surface area contributed by atoms with Crippen molar-refractivity contribution in [3.05, 3.63) is 12.3 Å². The second-order valence-corrected chi connectivity index (χ2v) is 2.65. The third-order valence-corrected chi connectivity index (χ3v) is 1.66. The van der Waals surface area contributed by atoms with Crippen LogP contribution in [0.1, 0.15) is 0 Å². The summed E-state index contributed by atoms with van der Waals surface area (Å²) in [6, 6.07) is 1.68. The van der Waals surface area contributed by atoms with Gasteiger partial charge in [0.2, 0.25) is 5.88 Å². The van der Waals surface area contributed by atoms with Crippen molar-refractivity contribution in [3.8, 4) is 18.2 Å². The molecule has 0 aromatic carbocycles. The number of aromatic nitrogens is 2. The van der Waals surface area contributed by atoms with Crippen LogP contribution in [0.2, 0.25) is 0 Å². The Morgan fingerprint density at radius 1 is 1.75 bits per heavy atom. The number of ether oxygens (including phenoxy) is 1. The molecule has 4 heteroatoms. The first-order valence-corrected chi connectivity index (χ1v) is 4.52. The first-order valence-electron chi connectivity index (χ1n) is 3.30. The summed E-state index contributed by atoms with van der Waals surface area (Å²) in [6.07, 6.45) is 8.57. The molecule has 1 aromatic rings. The van der Waals surface area contributed by atoms with Crippen molar-refractivity contribution in [3.63, 3.8) is 0 Å². The van der Waals surface area contributed by atoms with Crippen LogP contribution in [-0.2, 0) is 0 Å². The summed E-state index contributed by atoms with van der Waals surface area (Å²) in [5, 5.41) is 0.685. The lowest BCUT2D eigenvalue weighted by Gasteiger charge is -2.00. The number of nitrogens with zero attached hydrogens (tertiary/aromatic N) is 2. The Morgan fingerprint density at radius 3 is 3.25 bits per heavy atom. The molecule has 0 aliphatic heterocycles. The number of rotatable bonds is 3. The predicted octanol–water partition coefficient (Wildman–Crippen LogP) is 1.21. The molecule has 0 radical (unpaired) electrons. The van der Waals surface area contributed by atoms with E-state index in [1.54, 1.807) is 12.3 Å². The fourth-order valence-corrected chi connectivity index (χ4v) is 0.967. The maximum Gasteiger partial charge on any atom is 0.218 e. The van der Waals surface area contributed by atoms with Crippen LogP contribution in [0, 0.1) is 12.3 Å². The molecule has 62 valence electrons. The highest BCUT2D eigenvalue weighted by Crippen LogP contribution is 2.11. The first-order chi connectivity index (χ1) is 5.86. The summed E-state index contributed by atoms with van der Waals surface area (Å²) < 4.78 is 5.10. The van der Waals surface area contributed by atoms with Crippen LogP contribution in [0.5, 0.6) is 5.88 Å². The minimum atomic E-state index is 0.241. The summed E-state index contributed by atoms with van der Waals surface area (Å²) >= 11 is 1.46. The van der Waals surface area contributed by atoms with Gasteiger partial charge in [0.1, 0.15) is 0 Å². The molecule has 0 amide bonds. The van der Waals surface area contributed by atoms with Crippen LogP contribution < -0.4 is 4.74 Å². The Labute approximate surface area is 75.6 Å². The Kier molecular flexibility index (Phi) is 3.42. The monoisotopic (exact) mass is 180 g/mol. The Hall–Kier alpha value is -1.21. The average molecular weight is 180 g/mol. The van der Waals surface area contributed by atoms with E-state index in [9.17, 15) is 0 Å². The lowest BCUT2D eigenvalue weighted by atomic mass is 10.6. The van der Waals surface area contributed by atoms with E-state index in [2.05, 4.69) is 15.9 Å². The maximum atomic E-state index is 5.10. The third kappa shape index (κ3) is 2.44. The van der Waals surface area contributed by atoms with Crippen LogP contribution in [-0.4, -0.2) is 22.8 Å². The van der Waals surface area contributed by atoms with Crippen molar-refractivity contribution in [2.45, 2.75) is 5.16 Å². The SMILES string of the molecule is C#CCOc1ccnc(SC)n1. The number of terminal acetylenes is 1. The van der Waals surface area contributed by atoms with Gasteiger partial charge in [-0.1, -0.05) is 17.7 Å². The molecule has 0 aliphatic carbocycles. The Morgan fingerprint density at radius 2 is 2.58 bits per heavy atom. The molecule has 0 atom stereocenters. The molecule has 12 heavy (non-hydrogen) atoms. The maximum absolute atomic E-state index is 5.10. The molecular formula is C8H8N2OS. The van der Waals surface area contributed by atoms with E-state index < -0.39 is 0 Å². The first kappa shape index (κ1) is 8.88. The normalized spacial score (nSPS) is 9.00. The summed E-state index contributed by atoms with van der Waals surface area (Å²) in [7, 11) is 0. The van der Waals surface area contributed by atoms with Crippen molar-refractivity contribution in [1.29, 1.82) is 0 Å². The van der Waals surface area contributed by atoms with Gasteiger partial charge in [-0.2, -0.15) is 4.98 Å². The molecule has 0 bridgehead atoms. The van der Waals surface area contributed by atoms with E-state index in [1.807, 2.05) is 6.26 Å². The minimum Gasteiger partial charge on any atom is -0.464 e. The molecule has 0 spiro atoms. The zero-order valence-electron chi connectivity index (χ0n) is 6.65. The van der Waals surface area contributed by atoms with E-state index in [1.165, 1.54) is 11.8 Å². The highest BCUT2D eigenvalue weighted by Gasteiger charge is 1.96. The van der Waals surface area contributed by atoms with E-state index in [0.717, 1.165) is 0 Å². The average Bonchev–Trinajstić information content (AvgIpc) is 2.15. The van der Waals surface area contributed by atoms with Gasteiger partial charge in [-0.05, 0) is 6.26 Å². The number of hydrogen-bond acceptors (Lipinski definition) is 4. The van der Waals surface area contributed by atoms with Crippen molar-refractivity contribution in [2.24, 2.45) is 0 Å². The van der Waals surface area contributed by atoms with Crippen LogP contribution in [0.4, 0.5) is 0 Å². The molecule has 1 aromatic heterocycles. The van der Waals surface area contributed by atoms with Gasteiger partial charge in [-0.15, -0.1) is 6.42 Å². The molecule has 1 rings (SSSR count). The van der Waals surface area contributed by atoms with Crippen LogP contribution in [0.25, 0.3) is 0 Å². The predicted molar refractivity (Wildman–Crippen MR) is 48.1 cm³/mol. The van der Waals surface area contributed by atoms with E-state index in [-0.39, 0.29) is 6.61 Å². The highest BCUT2D eigenvalue weighted by molar-refractivity contribution is 7.98. The minimum absolute atomic E-state index is 0.241. The van der Waals surface area contributed by atoms with Crippen molar-refractivity contribution in [2.75, 3.05) is 12.9 Å². The molecule has 0 N–H and O–H groups in total. The highest BCUT2D eigenvalue weighted by atomic mass is 32.2. The smallest absolute Gasteiger partial charge is 0.218 e. The van der Waals surface area contributed by atoms with Gasteiger partial charge in [-0.3, -0.25) is 0 Å². The quantitative estimate of drug-likeness (QED) is 0.398. The van der Waals surface area contributed by atoms with Crippen LogP contribution in [0.15, 0.2) is 17.4 Å². The van der Waals surface area contributed by atoms with Crippen LogP contribution >= 0.6 is 11.8 Å². The Balaban J connectivity index is 2.67. The number of hydrogen-bond donors (Lipinski definition) is 0. The molecule has 0 aliphatic rings. The molecule has 0 unspecified atom stereocenters. The van der Waals surface area contributed by atoms with Crippen molar-refractivity contribution < 1.29 is 4.74 Å². The summed E-state index contributed by atoms with van der Waals surface area (Å²) in [4.78, 5) is 8.05. The largest absolute Gasteiger partial charge is 0.464 e. The molecular weight excluding hydrogens is 172 g/mol. The van der Waals surface area contributed by atoms with Crippen LogP contribution in [0.3, 0.4) is 0 Å². The molecule has 0 saturated carbocycles. The van der Waals surface area contributed by atoms with E-state index >= 15 is 0 Å². The number of thioether (sulfide) groups is 1. The van der Waals surface area contributed by atoms with Gasteiger partial charge >= 0.3 is 0 Å². The molecule has 0 saturated heterocycles. The van der Waals surface area contributed by atoms with Gasteiger partial charge in [0, 0.05) is 12.3 Å². The fourth-order valence-electron chi connectivity index (χ4n) is 0.620. The zero-order valence-corrected chi connectivity index (χ0v) is 7.47. The van der Waals surface area contributed by atoms with Gasteiger partial charge in [-0.25, -0.2) is 4.98 Å². The second-order valence-electron chi connectivity index (χ2n) is 1.87. The van der Waals surface area contributed by atoms with Crippen molar-refractivity contribution >= 4 is 11.8 Å². The van der Waals surface area contributed by atoms with Gasteiger partial charge in [0.05, 0.1) is 0 Å². The Bertz CT molecular complexity index is 295. The zero-order chi connectivity index (χ0) is 8.81. The molecule has 1 heterocycles. The van der Waals surface area contributed by atoms with Gasteiger partial charge < -0.3 is 4.74 Å². The third-order valence-electron chi connectivity index (χ3n) is 1.09. The summed E-state index contributed by atoms with van der Waals surface area (Å²) in [6.45, 7) is 0.241. The van der Waals surface area contributed by atoms with Crippen molar-refractivity contribution in [1.82, 2.24) is 9.97 Å².